The third-order valence-electron chi connectivity index (χ3n) is 4.15. The number of benzene rings is 2. The van der Waals surface area contributed by atoms with Gasteiger partial charge in [-0.2, -0.15) is 5.10 Å². The zero-order valence-corrected chi connectivity index (χ0v) is 16.2. The molecule has 0 aromatic heterocycles. The van der Waals surface area contributed by atoms with Gasteiger partial charge in [-0.15, -0.1) is 0 Å². The van der Waals surface area contributed by atoms with Crippen LogP contribution in [0.5, 0.6) is 11.5 Å². The van der Waals surface area contributed by atoms with E-state index in [1.807, 2.05) is 19.1 Å². The summed E-state index contributed by atoms with van der Waals surface area (Å²) in [7, 11) is 3.07. The van der Waals surface area contributed by atoms with E-state index in [0.29, 0.717) is 17.1 Å². The van der Waals surface area contributed by atoms with E-state index in [-0.39, 0.29) is 11.3 Å². The third-order valence-corrected chi connectivity index (χ3v) is 4.15. The fourth-order valence-corrected chi connectivity index (χ4v) is 2.46. The molecular weight excluding hydrogens is 328 g/mol. The highest BCUT2D eigenvalue weighted by Crippen LogP contribution is 2.24. The summed E-state index contributed by atoms with van der Waals surface area (Å²) in [5, 5.41) is 4.21. The van der Waals surface area contributed by atoms with Gasteiger partial charge in [0, 0.05) is 6.07 Å². The highest BCUT2D eigenvalue weighted by atomic mass is 16.5. The van der Waals surface area contributed by atoms with Crippen LogP contribution < -0.4 is 14.9 Å². The molecule has 0 spiro atoms. The number of methoxy groups -OCH3 is 2. The predicted octanol–water partition coefficient (Wildman–Crippen LogP) is 4.16. The van der Waals surface area contributed by atoms with Crippen molar-refractivity contribution < 1.29 is 14.3 Å². The third kappa shape index (κ3) is 4.63. The van der Waals surface area contributed by atoms with Gasteiger partial charge in [0.05, 0.1) is 25.5 Å². The molecule has 0 fully saturated rings. The fourth-order valence-electron chi connectivity index (χ4n) is 2.46. The van der Waals surface area contributed by atoms with Crippen molar-refractivity contribution in [1.82, 2.24) is 5.43 Å². The van der Waals surface area contributed by atoms with Crippen LogP contribution in [0.2, 0.25) is 0 Å². The Morgan fingerprint density at radius 2 is 1.65 bits per heavy atom. The minimum Gasteiger partial charge on any atom is -0.497 e. The first kappa shape index (κ1) is 19.5. The molecule has 5 heteroatoms. The van der Waals surface area contributed by atoms with Crippen LogP contribution >= 0.6 is 0 Å². The quantitative estimate of drug-likeness (QED) is 0.648. The first-order valence-electron chi connectivity index (χ1n) is 8.44. The maximum atomic E-state index is 12.4. The van der Waals surface area contributed by atoms with Gasteiger partial charge in [0.15, 0.2) is 0 Å². The van der Waals surface area contributed by atoms with Gasteiger partial charge in [0.25, 0.3) is 5.91 Å². The highest BCUT2D eigenvalue weighted by molar-refractivity contribution is 6.01. The van der Waals surface area contributed by atoms with Gasteiger partial charge in [0.2, 0.25) is 0 Å². The Morgan fingerprint density at radius 1 is 1.00 bits per heavy atom. The number of carbonyl (C=O) groups is 1. The number of hydrogen-bond donors (Lipinski definition) is 1. The fraction of sp³-hybridized carbons (Fsp3) is 0.333. The van der Waals surface area contributed by atoms with E-state index in [1.165, 1.54) is 12.7 Å². The Balaban J connectivity index is 2.14. The number of ether oxygens (including phenoxy) is 2. The minimum absolute atomic E-state index is 0.0999. The predicted molar refractivity (Wildman–Crippen MR) is 104 cm³/mol. The SMILES string of the molecule is COc1ccc(C(=O)NN=C(C)c2ccc(C(C)(C)C)cc2)c(OC)c1. The molecule has 0 bridgehead atoms. The van der Waals surface area contributed by atoms with Crippen molar-refractivity contribution in [2.45, 2.75) is 33.1 Å². The van der Waals surface area contributed by atoms with Gasteiger partial charge < -0.3 is 9.47 Å². The molecule has 138 valence electrons. The molecule has 2 aromatic rings. The van der Waals surface area contributed by atoms with E-state index < -0.39 is 0 Å². The molecule has 2 rings (SSSR count). The van der Waals surface area contributed by atoms with Gasteiger partial charge in [-0.25, -0.2) is 5.43 Å². The summed E-state index contributed by atoms with van der Waals surface area (Å²) in [5.41, 5.74) is 6.02. The summed E-state index contributed by atoms with van der Waals surface area (Å²) in [6.07, 6.45) is 0. The van der Waals surface area contributed by atoms with Crippen molar-refractivity contribution in [3.63, 3.8) is 0 Å². The summed E-state index contributed by atoms with van der Waals surface area (Å²) in [6, 6.07) is 13.2. The van der Waals surface area contributed by atoms with Crippen LogP contribution in [0, 0.1) is 0 Å². The van der Waals surface area contributed by atoms with Crippen molar-refractivity contribution in [3.8, 4) is 11.5 Å². The van der Waals surface area contributed by atoms with Crippen LogP contribution in [0.4, 0.5) is 0 Å². The zero-order chi connectivity index (χ0) is 19.3. The number of nitrogens with one attached hydrogen (secondary N) is 1. The van der Waals surface area contributed by atoms with Crippen LogP contribution in [-0.4, -0.2) is 25.8 Å². The molecule has 26 heavy (non-hydrogen) atoms. The molecular formula is C21H26N2O3. The average Bonchev–Trinajstić information content (AvgIpc) is 2.64. The maximum Gasteiger partial charge on any atom is 0.275 e. The topological polar surface area (TPSA) is 59.9 Å². The Labute approximate surface area is 155 Å². The Morgan fingerprint density at radius 3 is 2.19 bits per heavy atom. The van der Waals surface area contributed by atoms with Crippen LogP contribution in [-0.2, 0) is 5.41 Å². The molecule has 1 N–H and O–H groups in total. The Kier molecular flexibility index (Phi) is 6.03. The lowest BCUT2D eigenvalue weighted by Gasteiger charge is -2.19. The first-order valence-corrected chi connectivity index (χ1v) is 8.44. The number of hydrogen-bond acceptors (Lipinski definition) is 4. The van der Waals surface area contributed by atoms with Crippen molar-refractivity contribution in [3.05, 3.63) is 59.2 Å². The van der Waals surface area contributed by atoms with E-state index in [4.69, 9.17) is 9.47 Å². The number of carbonyl (C=O) groups excluding carboxylic acids is 1. The molecule has 0 aliphatic heterocycles. The molecule has 0 heterocycles. The van der Waals surface area contributed by atoms with E-state index in [9.17, 15) is 4.79 Å². The molecule has 0 aliphatic carbocycles. The lowest BCUT2D eigenvalue weighted by molar-refractivity contribution is 0.0951. The summed E-state index contributed by atoms with van der Waals surface area (Å²) in [6.45, 7) is 8.37. The normalized spacial score (nSPS) is 11.8. The molecule has 0 unspecified atom stereocenters. The molecule has 0 aliphatic rings. The standard InChI is InChI=1S/C21H26N2O3/c1-14(15-7-9-16(10-8-15)21(2,3)4)22-23-20(24)18-12-11-17(25-5)13-19(18)26-6/h7-13H,1-6H3,(H,23,24). The largest absolute Gasteiger partial charge is 0.497 e. The highest BCUT2D eigenvalue weighted by Gasteiger charge is 2.14. The number of amides is 1. The van der Waals surface area contributed by atoms with E-state index in [1.54, 1.807) is 25.3 Å². The second kappa shape index (κ2) is 8.04. The second-order valence-electron chi connectivity index (χ2n) is 7.03. The van der Waals surface area contributed by atoms with E-state index >= 15 is 0 Å². The summed E-state index contributed by atoms with van der Waals surface area (Å²) in [4.78, 5) is 12.4. The lowest BCUT2D eigenvalue weighted by atomic mass is 9.86. The number of rotatable bonds is 5. The van der Waals surface area contributed by atoms with Gasteiger partial charge in [-0.05, 0) is 35.6 Å². The molecule has 0 saturated heterocycles. The summed E-state index contributed by atoms with van der Waals surface area (Å²) >= 11 is 0. The van der Waals surface area contributed by atoms with Gasteiger partial charge in [-0.3, -0.25) is 4.79 Å². The van der Waals surface area contributed by atoms with Crippen molar-refractivity contribution in [2.75, 3.05) is 14.2 Å². The van der Waals surface area contributed by atoms with E-state index in [2.05, 4.69) is 43.4 Å². The Bertz CT molecular complexity index is 803. The smallest absolute Gasteiger partial charge is 0.275 e. The second-order valence-corrected chi connectivity index (χ2v) is 7.03. The molecule has 5 nitrogen and oxygen atoms in total. The van der Waals surface area contributed by atoms with Crippen molar-refractivity contribution in [2.24, 2.45) is 5.10 Å². The van der Waals surface area contributed by atoms with Crippen molar-refractivity contribution in [1.29, 1.82) is 0 Å². The van der Waals surface area contributed by atoms with E-state index in [0.717, 1.165) is 11.3 Å². The molecule has 2 aromatic carbocycles. The van der Waals surface area contributed by atoms with Crippen LogP contribution in [0.15, 0.2) is 47.6 Å². The van der Waals surface area contributed by atoms with Crippen LogP contribution in [0.25, 0.3) is 0 Å². The lowest BCUT2D eigenvalue weighted by Crippen LogP contribution is -2.20. The summed E-state index contributed by atoms with van der Waals surface area (Å²) in [5.74, 6) is 0.719. The molecule has 0 saturated carbocycles. The Hall–Kier alpha value is -2.82. The molecule has 1 amide bonds. The van der Waals surface area contributed by atoms with Crippen LogP contribution in [0.3, 0.4) is 0 Å². The minimum atomic E-state index is -0.338. The van der Waals surface area contributed by atoms with Gasteiger partial charge >= 0.3 is 0 Å². The van der Waals surface area contributed by atoms with Crippen molar-refractivity contribution >= 4 is 11.6 Å². The molecule has 0 radical (unpaired) electrons. The zero-order valence-electron chi connectivity index (χ0n) is 16.2. The first-order chi connectivity index (χ1) is 12.3. The van der Waals surface area contributed by atoms with Gasteiger partial charge in [0.1, 0.15) is 11.5 Å². The average molecular weight is 354 g/mol. The summed E-state index contributed by atoms with van der Waals surface area (Å²) < 4.78 is 10.4. The maximum absolute atomic E-state index is 12.4. The van der Waals surface area contributed by atoms with Crippen LogP contribution in [0.1, 0.15) is 49.2 Å². The number of hydrazone groups is 1. The monoisotopic (exact) mass is 354 g/mol. The molecule has 0 atom stereocenters. The number of nitrogens with zero attached hydrogens (tertiary/aromatic N) is 1. The van der Waals surface area contributed by atoms with Gasteiger partial charge in [-0.1, -0.05) is 45.0 Å².